The molecule has 0 rings (SSSR count). The minimum atomic E-state index is 0.340. The summed E-state index contributed by atoms with van der Waals surface area (Å²) in [5, 5.41) is 1.87. The molecule has 0 radical (unpaired) electrons. The Labute approximate surface area is 82.2 Å². The average molecular weight is 188 g/mol. The van der Waals surface area contributed by atoms with Crippen LogP contribution in [0.4, 0.5) is 0 Å². The van der Waals surface area contributed by atoms with Crippen molar-refractivity contribution in [1.82, 2.24) is 5.06 Å². The topological polar surface area (TPSA) is 38.5 Å². The molecule has 0 aromatic carbocycles. The fraction of sp³-hybridized carbons (Fsp3) is 1.00. The van der Waals surface area contributed by atoms with Crippen molar-refractivity contribution in [3.63, 3.8) is 0 Å². The first-order chi connectivity index (χ1) is 6.06. The van der Waals surface area contributed by atoms with Gasteiger partial charge < -0.3 is 10.6 Å². The molecule has 2 N–H and O–H groups in total. The molecular formula is C10H24N2O. The van der Waals surface area contributed by atoms with Crippen LogP contribution in [0.15, 0.2) is 0 Å². The summed E-state index contributed by atoms with van der Waals surface area (Å²) < 4.78 is 0. The molecule has 0 spiro atoms. The number of nitrogens with zero attached hydrogens (tertiary/aromatic N) is 1. The molecule has 2 atom stereocenters. The van der Waals surface area contributed by atoms with Gasteiger partial charge in [0.15, 0.2) is 0 Å². The molecule has 0 fully saturated rings. The van der Waals surface area contributed by atoms with Gasteiger partial charge in [-0.2, -0.15) is 5.06 Å². The van der Waals surface area contributed by atoms with Crippen LogP contribution in [0.25, 0.3) is 0 Å². The number of nitrogens with two attached hydrogens (primary N) is 1. The molecule has 0 aromatic rings. The summed E-state index contributed by atoms with van der Waals surface area (Å²) >= 11 is 0. The molecule has 13 heavy (non-hydrogen) atoms. The van der Waals surface area contributed by atoms with Crippen LogP contribution in [0.5, 0.6) is 0 Å². The number of hydrogen-bond acceptors (Lipinski definition) is 3. The lowest BCUT2D eigenvalue weighted by Crippen LogP contribution is -2.23. The van der Waals surface area contributed by atoms with Crippen molar-refractivity contribution in [2.45, 2.75) is 39.2 Å². The Kier molecular flexibility index (Phi) is 7.23. The third kappa shape index (κ3) is 8.22. The summed E-state index contributed by atoms with van der Waals surface area (Å²) in [5.41, 5.74) is 5.67. The Hall–Kier alpha value is -0.120. The van der Waals surface area contributed by atoms with Crippen LogP contribution in [-0.4, -0.2) is 31.8 Å². The largest absolute Gasteiger partial charge is 0.328 e. The van der Waals surface area contributed by atoms with Gasteiger partial charge in [0.05, 0.1) is 7.11 Å². The van der Waals surface area contributed by atoms with Crippen LogP contribution in [0.3, 0.4) is 0 Å². The summed E-state index contributed by atoms with van der Waals surface area (Å²) in [4.78, 5) is 5.06. The summed E-state index contributed by atoms with van der Waals surface area (Å²) in [7, 11) is 3.66. The molecule has 0 saturated heterocycles. The van der Waals surface area contributed by atoms with Gasteiger partial charge in [-0.05, 0) is 25.7 Å². The standard InChI is InChI=1S/C10H24N2O/c1-9(8-12(3)13-4)6-5-7-10(2)11/h9-10H,5-8,11H2,1-4H3. The molecule has 80 valence electrons. The maximum atomic E-state index is 5.67. The van der Waals surface area contributed by atoms with Crippen molar-refractivity contribution in [1.29, 1.82) is 0 Å². The van der Waals surface area contributed by atoms with E-state index in [0.29, 0.717) is 12.0 Å². The van der Waals surface area contributed by atoms with Gasteiger partial charge in [-0.1, -0.05) is 13.3 Å². The lowest BCUT2D eigenvalue weighted by molar-refractivity contribution is -0.117. The molecular weight excluding hydrogens is 164 g/mol. The van der Waals surface area contributed by atoms with Crippen LogP contribution in [0, 0.1) is 5.92 Å². The predicted octanol–water partition coefficient (Wildman–Crippen LogP) is 1.63. The summed E-state index contributed by atoms with van der Waals surface area (Å²) in [6, 6.07) is 0.340. The highest BCUT2D eigenvalue weighted by Gasteiger charge is 2.05. The second-order valence-corrected chi connectivity index (χ2v) is 4.01. The van der Waals surface area contributed by atoms with Gasteiger partial charge in [-0.15, -0.1) is 0 Å². The smallest absolute Gasteiger partial charge is 0.0575 e. The van der Waals surface area contributed by atoms with E-state index in [-0.39, 0.29) is 0 Å². The minimum Gasteiger partial charge on any atom is -0.328 e. The zero-order chi connectivity index (χ0) is 10.3. The lowest BCUT2D eigenvalue weighted by Gasteiger charge is -2.18. The molecule has 3 heteroatoms. The van der Waals surface area contributed by atoms with Crippen LogP contribution in [0.1, 0.15) is 33.1 Å². The van der Waals surface area contributed by atoms with Crippen molar-refractivity contribution < 1.29 is 4.84 Å². The van der Waals surface area contributed by atoms with E-state index in [9.17, 15) is 0 Å². The lowest BCUT2D eigenvalue weighted by atomic mass is 10.0. The Bertz CT molecular complexity index is 117. The van der Waals surface area contributed by atoms with Crippen LogP contribution in [-0.2, 0) is 4.84 Å². The van der Waals surface area contributed by atoms with E-state index in [1.165, 1.54) is 12.8 Å². The van der Waals surface area contributed by atoms with E-state index < -0.39 is 0 Å². The van der Waals surface area contributed by atoms with Crippen LogP contribution in [0.2, 0.25) is 0 Å². The first-order valence-corrected chi connectivity index (χ1v) is 5.07. The first kappa shape index (κ1) is 12.9. The van der Waals surface area contributed by atoms with E-state index in [1.807, 2.05) is 12.1 Å². The van der Waals surface area contributed by atoms with E-state index in [1.54, 1.807) is 7.11 Å². The summed E-state index contributed by atoms with van der Waals surface area (Å²) in [6.45, 7) is 5.30. The highest BCUT2D eigenvalue weighted by atomic mass is 16.7. The predicted molar refractivity (Wildman–Crippen MR) is 56.3 cm³/mol. The number of hydroxylamine groups is 2. The number of rotatable bonds is 7. The Balaban J connectivity index is 3.34. The van der Waals surface area contributed by atoms with Crippen molar-refractivity contribution in [3.8, 4) is 0 Å². The van der Waals surface area contributed by atoms with Gasteiger partial charge in [-0.3, -0.25) is 0 Å². The van der Waals surface area contributed by atoms with Crippen molar-refractivity contribution >= 4 is 0 Å². The zero-order valence-electron chi connectivity index (χ0n) is 9.42. The number of hydrogen-bond donors (Lipinski definition) is 1. The van der Waals surface area contributed by atoms with Crippen molar-refractivity contribution in [2.24, 2.45) is 11.7 Å². The molecule has 3 nitrogen and oxygen atoms in total. The van der Waals surface area contributed by atoms with Gasteiger partial charge >= 0.3 is 0 Å². The van der Waals surface area contributed by atoms with Gasteiger partial charge in [0.2, 0.25) is 0 Å². The normalized spacial score (nSPS) is 16.2. The van der Waals surface area contributed by atoms with Gasteiger partial charge in [-0.25, -0.2) is 0 Å². The Morgan fingerprint density at radius 2 is 1.92 bits per heavy atom. The molecule has 0 aromatic heterocycles. The van der Waals surface area contributed by atoms with E-state index in [0.717, 1.165) is 13.0 Å². The molecule has 0 heterocycles. The van der Waals surface area contributed by atoms with Gasteiger partial charge in [0.25, 0.3) is 0 Å². The summed E-state index contributed by atoms with van der Waals surface area (Å²) in [6.07, 6.45) is 3.58. The second-order valence-electron chi connectivity index (χ2n) is 4.01. The Morgan fingerprint density at radius 1 is 1.31 bits per heavy atom. The maximum absolute atomic E-state index is 5.67. The Morgan fingerprint density at radius 3 is 2.38 bits per heavy atom. The molecule has 0 bridgehead atoms. The van der Waals surface area contributed by atoms with E-state index in [2.05, 4.69) is 13.8 Å². The SMILES string of the molecule is CON(C)CC(C)CCCC(C)N. The monoisotopic (exact) mass is 188 g/mol. The molecule has 0 aliphatic rings. The highest BCUT2D eigenvalue weighted by Crippen LogP contribution is 2.09. The summed E-state index contributed by atoms with van der Waals surface area (Å²) in [5.74, 6) is 0.684. The van der Waals surface area contributed by atoms with E-state index >= 15 is 0 Å². The van der Waals surface area contributed by atoms with Crippen molar-refractivity contribution in [2.75, 3.05) is 20.7 Å². The third-order valence-corrected chi connectivity index (χ3v) is 2.24. The van der Waals surface area contributed by atoms with Crippen LogP contribution >= 0.6 is 0 Å². The fourth-order valence-electron chi connectivity index (χ4n) is 1.39. The fourth-order valence-corrected chi connectivity index (χ4v) is 1.39. The van der Waals surface area contributed by atoms with Gasteiger partial charge in [0, 0.05) is 19.6 Å². The minimum absolute atomic E-state index is 0.340. The first-order valence-electron chi connectivity index (χ1n) is 5.07. The van der Waals surface area contributed by atoms with Gasteiger partial charge in [0.1, 0.15) is 0 Å². The molecule has 2 unspecified atom stereocenters. The molecule has 0 aliphatic carbocycles. The molecule has 0 saturated carbocycles. The zero-order valence-corrected chi connectivity index (χ0v) is 9.42. The average Bonchev–Trinajstić information content (AvgIpc) is 2.03. The van der Waals surface area contributed by atoms with E-state index in [4.69, 9.17) is 10.6 Å². The third-order valence-electron chi connectivity index (χ3n) is 2.24. The van der Waals surface area contributed by atoms with Crippen molar-refractivity contribution in [3.05, 3.63) is 0 Å². The highest BCUT2D eigenvalue weighted by molar-refractivity contribution is 4.58. The second kappa shape index (κ2) is 7.30. The molecule has 0 amide bonds. The van der Waals surface area contributed by atoms with Crippen LogP contribution < -0.4 is 5.73 Å². The molecule has 0 aliphatic heterocycles. The quantitative estimate of drug-likeness (QED) is 0.617. The maximum Gasteiger partial charge on any atom is 0.0575 e.